The lowest BCUT2D eigenvalue weighted by Crippen LogP contribution is -2.27. The van der Waals surface area contributed by atoms with Crippen molar-refractivity contribution in [3.05, 3.63) is 47.5 Å². The predicted octanol–water partition coefficient (Wildman–Crippen LogP) is 2.16. The molecule has 0 unspecified atom stereocenters. The van der Waals surface area contributed by atoms with Crippen molar-refractivity contribution in [1.29, 1.82) is 0 Å². The molecule has 0 aliphatic carbocycles. The van der Waals surface area contributed by atoms with E-state index in [2.05, 4.69) is 20.6 Å². The molecule has 0 aliphatic heterocycles. The molecule has 0 aliphatic rings. The Labute approximate surface area is 127 Å². The summed E-state index contributed by atoms with van der Waals surface area (Å²) in [5.74, 6) is -0.200. The number of hydrogen-bond donors (Lipinski definition) is 2. The summed E-state index contributed by atoms with van der Waals surface area (Å²) in [6.45, 7) is 1.77. The highest BCUT2D eigenvalue weighted by atomic mass is 19.1. The van der Waals surface area contributed by atoms with E-state index >= 15 is 0 Å². The summed E-state index contributed by atoms with van der Waals surface area (Å²) in [7, 11) is 3.09. The van der Waals surface area contributed by atoms with Gasteiger partial charge in [-0.2, -0.15) is 0 Å². The molecule has 116 valence electrons. The van der Waals surface area contributed by atoms with Crippen molar-refractivity contribution in [2.24, 2.45) is 0 Å². The molecule has 1 heterocycles. The normalized spacial score (nSPS) is 11.6. The molecule has 0 saturated carbocycles. The Kier molecular flexibility index (Phi) is 4.88. The van der Waals surface area contributed by atoms with Crippen LogP contribution >= 0.6 is 0 Å². The third-order valence-corrected chi connectivity index (χ3v) is 3.16. The number of carbonyl (C=O) groups excluding carboxylic acids is 1. The van der Waals surface area contributed by atoms with Gasteiger partial charge in [0.05, 0.1) is 18.7 Å². The van der Waals surface area contributed by atoms with Crippen molar-refractivity contribution in [2.75, 3.05) is 19.5 Å². The van der Waals surface area contributed by atoms with Gasteiger partial charge in [-0.25, -0.2) is 14.4 Å². The lowest BCUT2D eigenvalue weighted by atomic mass is 10.1. The average molecular weight is 304 g/mol. The Hall–Kier alpha value is -2.70. The second-order valence-electron chi connectivity index (χ2n) is 4.63. The molecular formula is C15H17FN4O2. The van der Waals surface area contributed by atoms with Gasteiger partial charge in [0.2, 0.25) is 5.95 Å². The number of amides is 1. The largest absolute Gasteiger partial charge is 0.494 e. The van der Waals surface area contributed by atoms with Gasteiger partial charge < -0.3 is 15.4 Å². The van der Waals surface area contributed by atoms with E-state index < -0.39 is 5.82 Å². The highest BCUT2D eigenvalue weighted by Crippen LogP contribution is 2.21. The molecule has 1 aromatic heterocycles. The first-order chi connectivity index (χ1) is 10.5. The third kappa shape index (κ3) is 3.49. The minimum absolute atomic E-state index is 0.165. The van der Waals surface area contributed by atoms with E-state index in [0.717, 1.165) is 0 Å². The van der Waals surface area contributed by atoms with Crippen LogP contribution in [0.1, 0.15) is 28.9 Å². The SMILES string of the molecule is CNc1ncc(C(=O)N[C@@H](C)c2ccc(OC)c(F)c2)cn1. The molecule has 0 bridgehead atoms. The number of ether oxygens (including phenoxy) is 1. The maximum atomic E-state index is 13.7. The summed E-state index contributed by atoms with van der Waals surface area (Å²) < 4.78 is 18.6. The summed E-state index contributed by atoms with van der Waals surface area (Å²) in [5, 5.41) is 5.54. The first-order valence-electron chi connectivity index (χ1n) is 6.69. The van der Waals surface area contributed by atoms with Crippen LogP contribution in [0.2, 0.25) is 0 Å². The molecule has 1 atom stereocenters. The first kappa shape index (κ1) is 15.7. The molecule has 0 radical (unpaired) electrons. The number of nitrogens with one attached hydrogen (secondary N) is 2. The highest BCUT2D eigenvalue weighted by Gasteiger charge is 2.14. The van der Waals surface area contributed by atoms with Gasteiger partial charge in [0.25, 0.3) is 5.91 Å². The Morgan fingerprint density at radius 3 is 2.55 bits per heavy atom. The van der Waals surface area contributed by atoms with Crippen LogP contribution in [0, 0.1) is 5.82 Å². The molecule has 0 saturated heterocycles. The smallest absolute Gasteiger partial charge is 0.254 e. The van der Waals surface area contributed by atoms with Gasteiger partial charge in [0.15, 0.2) is 11.6 Å². The van der Waals surface area contributed by atoms with Crippen molar-refractivity contribution in [1.82, 2.24) is 15.3 Å². The van der Waals surface area contributed by atoms with Gasteiger partial charge in [-0.05, 0) is 24.6 Å². The summed E-state index contributed by atoms with van der Waals surface area (Å²) in [4.78, 5) is 20.1. The van der Waals surface area contributed by atoms with Crippen molar-refractivity contribution in [2.45, 2.75) is 13.0 Å². The van der Waals surface area contributed by atoms with Crippen molar-refractivity contribution >= 4 is 11.9 Å². The standard InChI is InChI=1S/C15H17FN4O2/c1-9(10-4-5-13(22-3)12(16)6-10)20-14(21)11-7-18-15(17-2)19-8-11/h4-9H,1-3H3,(H,20,21)(H,17,18,19)/t9-/m0/s1. The van der Waals surface area contributed by atoms with Gasteiger partial charge >= 0.3 is 0 Å². The van der Waals surface area contributed by atoms with Crippen LogP contribution in [-0.2, 0) is 0 Å². The van der Waals surface area contributed by atoms with Crippen LogP contribution in [0.15, 0.2) is 30.6 Å². The van der Waals surface area contributed by atoms with E-state index in [1.165, 1.54) is 31.6 Å². The van der Waals surface area contributed by atoms with Gasteiger partial charge in [-0.1, -0.05) is 6.07 Å². The maximum Gasteiger partial charge on any atom is 0.254 e. The van der Waals surface area contributed by atoms with Gasteiger partial charge in [-0.3, -0.25) is 4.79 Å². The molecule has 0 fully saturated rings. The van der Waals surface area contributed by atoms with Gasteiger partial charge in [0.1, 0.15) is 0 Å². The zero-order valence-electron chi connectivity index (χ0n) is 12.6. The van der Waals surface area contributed by atoms with Gasteiger partial charge in [-0.15, -0.1) is 0 Å². The fourth-order valence-corrected chi connectivity index (χ4v) is 1.89. The minimum Gasteiger partial charge on any atom is -0.494 e. The fraction of sp³-hybridized carbons (Fsp3) is 0.267. The molecule has 0 spiro atoms. The Morgan fingerprint density at radius 1 is 1.32 bits per heavy atom. The predicted molar refractivity (Wildman–Crippen MR) is 80.4 cm³/mol. The van der Waals surface area contributed by atoms with Crippen LogP contribution in [0.5, 0.6) is 5.75 Å². The lowest BCUT2D eigenvalue weighted by molar-refractivity contribution is 0.0939. The van der Waals surface area contributed by atoms with Crippen LogP contribution in [0.3, 0.4) is 0 Å². The Bertz CT molecular complexity index is 661. The van der Waals surface area contributed by atoms with E-state index in [0.29, 0.717) is 17.1 Å². The maximum absolute atomic E-state index is 13.7. The van der Waals surface area contributed by atoms with Gasteiger partial charge in [0, 0.05) is 19.4 Å². The molecule has 22 heavy (non-hydrogen) atoms. The Balaban J connectivity index is 2.08. The van der Waals surface area contributed by atoms with Crippen LogP contribution in [0.4, 0.5) is 10.3 Å². The molecule has 2 N–H and O–H groups in total. The summed E-state index contributed by atoms with van der Waals surface area (Å²) in [6.07, 6.45) is 2.85. The van der Waals surface area contributed by atoms with Crippen molar-refractivity contribution in [3.63, 3.8) is 0 Å². The Morgan fingerprint density at radius 2 is 2.00 bits per heavy atom. The summed E-state index contributed by atoms with van der Waals surface area (Å²) >= 11 is 0. The lowest BCUT2D eigenvalue weighted by Gasteiger charge is -2.15. The number of rotatable bonds is 5. The zero-order valence-corrected chi connectivity index (χ0v) is 12.6. The molecule has 1 amide bonds. The molecule has 6 nitrogen and oxygen atoms in total. The van der Waals surface area contributed by atoms with Crippen LogP contribution in [0.25, 0.3) is 0 Å². The number of aromatic nitrogens is 2. The number of benzene rings is 1. The second kappa shape index (κ2) is 6.84. The molecule has 2 aromatic rings. The summed E-state index contributed by atoms with van der Waals surface area (Å²) in [6, 6.07) is 4.20. The third-order valence-electron chi connectivity index (χ3n) is 3.16. The monoisotopic (exact) mass is 304 g/mol. The van der Waals surface area contributed by atoms with E-state index in [-0.39, 0.29) is 17.7 Å². The number of halogens is 1. The highest BCUT2D eigenvalue weighted by molar-refractivity contribution is 5.93. The van der Waals surface area contributed by atoms with Crippen molar-refractivity contribution < 1.29 is 13.9 Å². The molecule has 7 heteroatoms. The fourth-order valence-electron chi connectivity index (χ4n) is 1.89. The molecular weight excluding hydrogens is 287 g/mol. The number of carbonyl (C=O) groups is 1. The number of methoxy groups -OCH3 is 1. The number of hydrogen-bond acceptors (Lipinski definition) is 5. The zero-order chi connectivity index (χ0) is 16.1. The summed E-state index contributed by atoms with van der Waals surface area (Å²) in [5.41, 5.74) is 0.972. The van der Waals surface area contributed by atoms with Crippen LogP contribution in [-0.4, -0.2) is 30.0 Å². The second-order valence-corrected chi connectivity index (χ2v) is 4.63. The molecule has 2 rings (SSSR count). The van der Waals surface area contributed by atoms with Crippen molar-refractivity contribution in [3.8, 4) is 5.75 Å². The minimum atomic E-state index is -0.470. The van der Waals surface area contributed by atoms with Crippen LogP contribution < -0.4 is 15.4 Å². The quantitative estimate of drug-likeness (QED) is 0.885. The topological polar surface area (TPSA) is 76.1 Å². The van der Waals surface area contributed by atoms with E-state index in [1.54, 1.807) is 20.0 Å². The first-order valence-corrected chi connectivity index (χ1v) is 6.69. The molecule has 1 aromatic carbocycles. The number of anilines is 1. The van der Waals surface area contributed by atoms with E-state index in [9.17, 15) is 9.18 Å². The average Bonchev–Trinajstić information content (AvgIpc) is 2.54. The number of nitrogens with zero attached hydrogens (tertiary/aromatic N) is 2. The van der Waals surface area contributed by atoms with E-state index in [1.807, 2.05) is 0 Å². The van der Waals surface area contributed by atoms with E-state index in [4.69, 9.17) is 4.74 Å².